The molecular formula is C19H30ClN3O2. The predicted molar refractivity (Wildman–Crippen MR) is 101 cm³/mol. The molecule has 0 aromatic heterocycles. The molecule has 2 aliphatic rings. The Morgan fingerprint density at radius 1 is 1.36 bits per heavy atom. The highest BCUT2D eigenvalue weighted by Gasteiger charge is 2.28. The van der Waals surface area contributed by atoms with Gasteiger partial charge in [0.2, 0.25) is 12.3 Å². The standard InChI is InChI=1S/C19H30ClN3O2/c1-3-4-5-16(13-21-14-24)19(25)23-10-8-22(9-11-23)17-6-7-18(20)15(2)12-17/h6-7,14-16H,3-5,8-13H2,1-2H3,(H,21,24)/t15?,16-/m1/s1. The number of unbranched alkanes of at least 4 members (excludes halogenated alkanes) is 1. The van der Waals surface area contributed by atoms with Gasteiger partial charge in [0.25, 0.3) is 0 Å². The van der Waals surface area contributed by atoms with Gasteiger partial charge in [-0.1, -0.05) is 38.3 Å². The third kappa shape index (κ3) is 5.50. The van der Waals surface area contributed by atoms with Gasteiger partial charge >= 0.3 is 0 Å². The van der Waals surface area contributed by atoms with E-state index >= 15 is 0 Å². The number of nitrogens with one attached hydrogen (secondary N) is 1. The minimum Gasteiger partial charge on any atom is -0.371 e. The zero-order valence-corrected chi connectivity index (χ0v) is 16.1. The number of carbonyl (C=O) groups is 2. The zero-order chi connectivity index (χ0) is 18.2. The average molecular weight is 368 g/mol. The van der Waals surface area contributed by atoms with E-state index in [0.717, 1.165) is 56.9 Å². The van der Waals surface area contributed by atoms with E-state index in [-0.39, 0.29) is 11.8 Å². The lowest BCUT2D eigenvalue weighted by atomic mass is 9.98. The predicted octanol–water partition coefficient (Wildman–Crippen LogP) is 2.73. The molecule has 1 heterocycles. The first-order chi connectivity index (χ1) is 12.1. The maximum atomic E-state index is 12.8. The van der Waals surface area contributed by atoms with Crippen LogP contribution in [0, 0.1) is 11.8 Å². The molecule has 2 rings (SSSR count). The van der Waals surface area contributed by atoms with Crippen LogP contribution in [-0.2, 0) is 9.59 Å². The largest absolute Gasteiger partial charge is 0.371 e. The number of halogens is 1. The van der Waals surface area contributed by atoms with E-state index in [4.69, 9.17) is 11.6 Å². The molecule has 0 radical (unpaired) electrons. The molecule has 1 aliphatic carbocycles. The van der Waals surface area contributed by atoms with E-state index in [0.29, 0.717) is 18.9 Å². The van der Waals surface area contributed by atoms with Gasteiger partial charge < -0.3 is 15.1 Å². The second kappa shape index (κ2) is 9.85. The highest BCUT2D eigenvalue weighted by atomic mass is 35.5. The van der Waals surface area contributed by atoms with Crippen molar-refractivity contribution in [2.45, 2.75) is 39.5 Å². The van der Waals surface area contributed by atoms with Gasteiger partial charge in [-0.15, -0.1) is 0 Å². The lowest BCUT2D eigenvalue weighted by molar-refractivity contribution is -0.137. The lowest BCUT2D eigenvalue weighted by Gasteiger charge is -2.39. The number of hydrogen-bond acceptors (Lipinski definition) is 3. The van der Waals surface area contributed by atoms with Crippen molar-refractivity contribution in [3.8, 4) is 0 Å². The van der Waals surface area contributed by atoms with Gasteiger partial charge in [-0.25, -0.2) is 0 Å². The minimum absolute atomic E-state index is 0.104. The van der Waals surface area contributed by atoms with E-state index in [9.17, 15) is 9.59 Å². The molecule has 1 aliphatic heterocycles. The molecule has 6 heteroatoms. The summed E-state index contributed by atoms with van der Waals surface area (Å²) in [6.07, 6.45) is 8.65. The Kier molecular flexibility index (Phi) is 7.82. The molecular weight excluding hydrogens is 338 g/mol. The number of allylic oxidation sites excluding steroid dienone is 4. The summed E-state index contributed by atoms with van der Waals surface area (Å²) in [5, 5.41) is 3.60. The molecule has 0 aromatic rings. The van der Waals surface area contributed by atoms with Crippen LogP contribution in [0.4, 0.5) is 0 Å². The number of hydrogen-bond donors (Lipinski definition) is 1. The minimum atomic E-state index is -0.104. The van der Waals surface area contributed by atoms with Crippen LogP contribution in [-0.4, -0.2) is 54.8 Å². The maximum absolute atomic E-state index is 12.8. The quantitative estimate of drug-likeness (QED) is 0.671. The summed E-state index contributed by atoms with van der Waals surface area (Å²) in [4.78, 5) is 27.7. The Labute approximate surface area is 156 Å². The molecule has 2 atom stereocenters. The van der Waals surface area contributed by atoms with Crippen LogP contribution in [0.5, 0.6) is 0 Å². The van der Waals surface area contributed by atoms with E-state index in [1.54, 1.807) is 0 Å². The zero-order valence-electron chi connectivity index (χ0n) is 15.3. The smallest absolute Gasteiger partial charge is 0.227 e. The molecule has 2 amide bonds. The van der Waals surface area contributed by atoms with Gasteiger partial charge in [-0.3, -0.25) is 9.59 Å². The highest BCUT2D eigenvalue weighted by molar-refractivity contribution is 6.30. The van der Waals surface area contributed by atoms with Crippen LogP contribution in [0.3, 0.4) is 0 Å². The molecule has 0 aromatic carbocycles. The van der Waals surface area contributed by atoms with E-state index in [2.05, 4.69) is 30.1 Å². The van der Waals surface area contributed by atoms with Gasteiger partial charge in [-0.05, 0) is 30.9 Å². The molecule has 5 nitrogen and oxygen atoms in total. The first-order valence-electron chi connectivity index (χ1n) is 9.33. The Hall–Kier alpha value is -1.49. The van der Waals surface area contributed by atoms with Gasteiger partial charge in [-0.2, -0.15) is 0 Å². The second-order valence-electron chi connectivity index (χ2n) is 6.99. The van der Waals surface area contributed by atoms with Crippen LogP contribution < -0.4 is 5.32 Å². The SMILES string of the molecule is CCCC[C@H](CNC=O)C(=O)N1CCN(C2=CC=C(Cl)C(C)C2)CC1. The van der Waals surface area contributed by atoms with Crippen molar-refractivity contribution in [3.63, 3.8) is 0 Å². The molecule has 1 unspecified atom stereocenters. The molecule has 1 saturated heterocycles. The molecule has 0 spiro atoms. The first kappa shape index (κ1) is 19.8. The normalized spacial score (nSPS) is 22.1. The Balaban J connectivity index is 1.89. The molecule has 0 saturated carbocycles. The lowest BCUT2D eigenvalue weighted by Crippen LogP contribution is -2.51. The van der Waals surface area contributed by atoms with Crippen molar-refractivity contribution in [3.05, 3.63) is 22.9 Å². The summed E-state index contributed by atoms with van der Waals surface area (Å²) in [5.41, 5.74) is 1.31. The van der Waals surface area contributed by atoms with Crippen molar-refractivity contribution in [1.82, 2.24) is 15.1 Å². The van der Waals surface area contributed by atoms with Crippen LogP contribution in [0.25, 0.3) is 0 Å². The fourth-order valence-corrected chi connectivity index (χ4v) is 3.62. The van der Waals surface area contributed by atoms with Crippen molar-refractivity contribution >= 4 is 23.9 Å². The molecule has 1 N–H and O–H groups in total. The highest BCUT2D eigenvalue weighted by Crippen LogP contribution is 2.29. The van der Waals surface area contributed by atoms with Crippen molar-refractivity contribution < 1.29 is 9.59 Å². The van der Waals surface area contributed by atoms with Crippen LogP contribution in [0.2, 0.25) is 0 Å². The average Bonchev–Trinajstić information content (AvgIpc) is 2.64. The van der Waals surface area contributed by atoms with Crippen molar-refractivity contribution in [1.29, 1.82) is 0 Å². The monoisotopic (exact) mass is 367 g/mol. The van der Waals surface area contributed by atoms with Gasteiger partial charge in [0.1, 0.15) is 0 Å². The Morgan fingerprint density at radius 2 is 2.08 bits per heavy atom. The van der Waals surface area contributed by atoms with E-state index in [1.165, 1.54) is 5.70 Å². The maximum Gasteiger partial charge on any atom is 0.227 e. The Bertz CT molecular complexity index is 525. The third-order valence-electron chi connectivity index (χ3n) is 5.12. The molecule has 140 valence electrons. The summed E-state index contributed by atoms with van der Waals surface area (Å²) in [7, 11) is 0. The molecule has 25 heavy (non-hydrogen) atoms. The van der Waals surface area contributed by atoms with E-state index in [1.807, 2.05) is 11.0 Å². The number of nitrogens with zero attached hydrogens (tertiary/aromatic N) is 2. The van der Waals surface area contributed by atoms with Crippen LogP contribution >= 0.6 is 11.6 Å². The number of piperazine rings is 1. The van der Waals surface area contributed by atoms with Gasteiger partial charge in [0.15, 0.2) is 0 Å². The number of carbonyl (C=O) groups excluding carboxylic acids is 2. The Morgan fingerprint density at radius 3 is 2.68 bits per heavy atom. The van der Waals surface area contributed by atoms with Gasteiger partial charge in [0, 0.05) is 43.5 Å². The molecule has 0 bridgehead atoms. The summed E-state index contributed by atoms with van der Waals surface area (Å²) >= 11 is 6.17. The number of rotatable bonds is 8. The van der Waals surface area contributed by atoms with Gasteiger partial charge in [0.05, 0.1) is 5.92 Å². The second-order valence-corrected chi connectivity index (χ2v) is 7.43. The topological polar surface area (TPSA) is 52.7 Å². The fourth-order valence-electron chi connectivity index (χ4n) is 3.48. The van der Waals surface area contributed by atoms with Crippen molar-refractivity contribution in [2.75, 3.05) is 32.7 Å². The summed E-state index contributed by atoms with van der Waals surface area (Å²) < 4.78 is 0. The van der Waals surface area contributed by atoms with Crippen LogP contribution in [0.15, 0.2) is 22.9 Å². The van der Waals surface area contributed by atoms with Crippen molar-refractivity contribution in [2.24, 2.45) is 11.8 Å². The third-order valence-corrected chi connectivity index (χ3v) is 5.62. The molecule has 1 fully saturated rings. The number of amides is 2. The summed E-state index contributed by atoms with van der Waals surface area (Å²) in [5.74, 6) is 0.443. The van der Waals surface area contributed by atoms with E-state index < -0.39 is 0 Å². The first-order valence-corrected chi connectivity index (χ1v) is 9.71. The summed E-state index contributed by atoms with van der Waals surface area (Å²) in [6.45, 7) is 7.90. The summed E-state index contributed by atoms with van der Waals surface area (Å²) in [6, 6.07) is 0. The fraction of sp³-hybridized carbons (Fsp3) is 0.684. The van der Waals surface area contributed by atoms with Crippen LogP contribution in [0.1, 0.15) is 39.5 Å².